The maximum Gasteiger partial charge on any atom is 0.328 e. The lowest BCUT2D eigenvalue weighted by atomic mass is 10.1. The molecular weight excluding hydrogens is 342 g/mol. The van der Waals surface area contributed by atoms with Crippen molar-refractivity contribution in [2.45, 2.75) is 13.8 Å². The molecule has 7 nitrogen and oxygen atoms in total. The Morgan fingerprint density at radius 3 is 2.30 bits per heavy atom. The van der Waals surface area contributed by atoms with Gasteiger partial charge in [-0.3, -0.25) is 13.9 Å². The van der Waals surface area contributed by atoms with Crippen molar-refractivity contribution in [1.29, 1.82) is 0 Å². The van der Waals surface area contributed by atoms with Crippen molar-refractivity contribution >= 4 is 33.7 Å². The molecule has 0 bridgehead atoms. The van der Waals surface area contributed by atoms with E-state index in [1.54, 1.807) is 53.6 Å². The summed E-state index contributed by atoms with van der Waals surface area (Å²) in [5.74, 6) is -0.239. The molecule has 0 saturated heterocycles. The number of aryl methyl sites for hydroxylation is 4. The van der Waals surface area contributed by atoms with Crippen LogP contribution in [0.15, 0.2) is 41.2 Å². The quantitative estimate of drug-likeness (QED) is 0.595. The van der Waals surface area contributed by atoms with Crippen molar-refractivity contribution in [3.8, 4) is 0 Å². The number of hydrogen-bond acceptors (Lipinski definition) is 4. The van der Waals surface area contributed by atoms with E-state index < -0.39 is 0 Å². The smallest absolute Gasteiger partial charge is 0.322 e. The zero-order chi connectivity index (χ0) is 19.3. The van der Waals surface area contributed by atoms with Crippen LogP contribution < -0.4 is 11.0 Å². The number of imidazole rings is 1. The molecule has 0 unspecified atom stereocenters. The molecule has 0 radical (unpaired) electrons. The number of nitrogens with zero attached hydrogens (tertiary/aromatic N) is 4. The summed E-state index contributed by atoms with van der Waals surface area (Å²) in [4.78, 5) is 33.7. The lowest BCUT2D eigenvalue weighted by molar-refractivity contribution is 0.102. The van der Waals surface area contributed by atoms with E-state index >= 15 is 0 Å². The zero-order valence-electron chi connectivity index (χ0n) is 15.6. The van der Waals surface area contributed by atoms with Crippen molar-refractivity contribution in [2.75, 3.05) is 5.32 Å². The lowest BCUT2D eigenvalue weighted by Crippen LogP contribution is -2.19. The average molecular weight is 361 g/mol. The fourth-order valence-corrected chi connectivity index (χ4v) is 3.16. The zero-order valence-corrected chi connectivity index (χ0v) is 15.6. The van der Waals surface area contributed by atoms with Gasteiger partial charge in [-0.05, 0) is 50.2 Å². The van der Waals surface area contributed by atoms with Crippen molar-refractivity contribution < 1.29 is 4.79 Å². The van der Waals surface area contributed by atoms with E-state index in [-0.39, 0.29) is 11.6 Å². The Hall–Kier alpha value is -3.48. The van der Waals surface area contributed by atoms with Crippen LogP contribution >= 0.6 is 0 Å². The largest absolute Gasteiger partial charge is 0.328 e. The van der Waals surface area contributed by atoms with Crippen LogP contribution in [-0.2, 0) is 14.1 Å². The van der Waals surface area contributed by atoms with Gasteiger partial charge >= 0.3 is 5.69 Å². The van der Waals surface area contributed by atoms with Crippen molar-refractivity contribution in [1.82, 2.24) is 19.1 Å². The first-order valence-electron chi connectivity index (χ1n) is 8.57. The van der Waals surface area contributed by atoms with E-state index in [0.717, 1.165) is 27.9 Å². The van der Waals surface area contributed by atoms with Gasteiger partial charge in [-0.25, -0.2) is 14.8 Å². The van der Waals surface area contributed by atoms with Gasteiger partial charge in [0.15, 0.2) is 0 Å². The van der Waals surface area contributed by atoms with Gasteiger partial charge in [0.1, 0.15) is 0 Å². The third-order valence-electron chi connectivity index (χ3n) is 4.87. The monoisotopic (exact) mass is 361 g/mol. The molecule has 1 N–H and O–H groups in total. The maximum absolute atomic E-state index is 12.7. The molecule has 4 rings (SSSR count). The minimum absolute atomic E-state index is 0.104. The number of fused-ring (bicyclic) bond motifs is 2. The molecule has 2 heterocycles. The number of amides is 1. The Kier molecular flexibility index (Phi) is 3.80. The molecule has 0 aliphatic rings. The van der Waals surface area contributed by atoms with Crippen LogP contribution in [0, 0.1) is 13.8 Å². The second kappa shape index (κ2) is 6.05. The van der Waals surface area contributed by atoms with Gasteiger partial charge in [0.2, 0.25) is 0 Å². The van der Waals surface area contributed by atoms with E-state index in [1.165, 1.54) is 0 Å². The summed E-state index contributed by atoms with van der Waals surface area (Å²) in [7, 11) is 3.44. The molecular formula is C20H19N5O2. The van der Waals surface area contributed by atoms with Gasteiger partial charge in [0, 0.05) is 25.3 Å². The molecule has 2 aromatic heterocycles. The molecule has 0 spiro atoms. The highest BCUT2D eigenvalue weighted by molar-refractivity contribution is 6.06. The molecule has 0 aliphatic carbocycles. The molecule has 4 aromatic rings. The maximum atomic E-state index is 12.7. The van der Waals surface area contributed by atoms with E-state index in [1.807, 2.05) is 19.9 Å². The van der Waals surface area contributed by atoms with Gasteiger partial charge in [0.25, 0.3) is 5.91 Å². The van der Waals surface area contributed by atoms with Crippen molar-refractivity contribution in [2.24, 2.45) is 14.1 Å². The third kappa shape index (κ3) is 2.77. The number of carbonyl (C=O) groups is 1. The average Bonchev–Trinajstić information content (AvgIpc) is 2.86. The first kappa shape index (κ1) is 17.0. The minimum atomic E-state index is -0.239. The third-order valence-corrected chi connectivity index (χ3v) is 4.87. The van der Waals surface area contributed by atoms with Crippen LogP contribution in [0.1, 0.15) is 21.7 Å². The Balaban J connectivity index is 1.68. The second-order valence-corrected chi connectivity index (χ2v) is 6.66. The molecule has 27 heavy (non-hydrogen) atoms. The summed E-state index contributed by atoms with van der Waals surface area (Å²) in [6, 6.07) is 10.7. The summed E-state index contributed by atoms with van der Waals surface area (Å²) in [5, 5.41) is 2.89. The van der Waals surface area contributed by atoms with Gasteiger partial charge in [-0.2, -0.15) is 0 Å². The van der Waals surface area contributed by atoms with Gasteiger partial charge < -0.3 is 5.32 Å². The fraction of sp³-hybridized carbons (Fsp3) is 0.200. The molecule has 2 aromatic carbocycles. The normalized spacial score (nSPS) is 11.3. The molecule has 0 aliphatic heterocycles. The van der Waals surface area contributed by atoms with E-state index in [0.29, 0.717) is 16.8 Å². The fourth-order valence-electron chi connectivity index (χ4n) is 3.16. The van der Waals surface area contributed by atoms with E-state index in [4.69, 9.17) is 0 Å². The highest BCUT2D eigenvalue weighted by atomic mass is 16.2. The topological polar surface area (TPSA) is 81.8 Å². The van der Waals surface area contributed by atoms with Gasteiger partial charge in [-0.15, -0.1) is 0 Å². The standard InChI is InChI=1S/C20H19N5O2/c1-11-12(2)22-16-9-13(5-7-15(16)21-11)19(26)23-14-6-8-17-18(10-14)25(4)20(27)24(17)3/h5-10H,1-4H3,(H,23,26). The summed E-state index contributed by atoms with van der Waals surface area (Å²) in [6.07, 6.45) is 0. The molecule has 1 amide bonds. The second-order valence-electron chi connectivity index (χ2n) is 6.66. The van der Waals surface area contributed by atoms with Crippen LogP contribution in [0.25, 0.3) is 22.1 Å². The summed E-state index contributed by atoms with van der Waals surface area (Å²) in [6.45, 7) is 3.81. The first-order chi connectivity index (χ1) is 12.8. The highest BCUT2D eigenvalue weighted by Gasteiger charge is 2.12. The van der Waals surface area contributed by atoms with Gasteiger partial charge in [-0.1, -0.05) is 0 Å². The lowest BCUT2D eigenvalue weighted by Gasteiger charge is -2.08. The van der Waals surface area contributed by atoms with Crippen molar-refractivity contribution in [3.63, 3.8) is 0 Å². The number of rotatable bonds is 2. The molecule has 136 valence electrons. The summed E-state index contributed by atoms with van der Waals surface area (Å²) >= 11 is 0. The number of aromatic nitrogens is 4. The minimum Gasteiger partial charge on any atom is -0.322 e. The molecule has 0 atom stereocenters. The number of anilines is 1. The number of nitrogens with one attached hydrogen (secondary N) is 1. The Morgan fingerprint density at radius 2 is 1.56 bits per heavy atom. The molecule has 7 heteroatoms. The number of carbonyl (C=O) groups excluding carboxylic acids is 1. The van der Waals surface area contributed by atoms with Crippen LogP contribution in [-0.4, -0.2) is 25.0 Å². The summed E-state index contributed by atoms with van der Waals surface area (Å²) in [5.41, 5.74) is 5.76. The first-order valence-corrected chi connectivity index (χ1v) is 8.57. The van der Waals surface area contributed by atoms with Crippen LogP contribution in [0.2, 0.25) is 0 Å². The van der Waals surface area contributed by atoms with E-state index in [2.05, 4.69) is 15.3 Å². The SMILES string of the molecule is Cc1nc2ccc(C(=O)Nc3ccc4c(c3)n(C)c(=O)n4C)cc2nc1C. The number of benzene rings is 2. The summed E-state index contributed by atoms with van der Waals surface area (Å²) < 4.78 is 3.13. The highest BCUT2D eigenvalue weighted by Crippen LogP contribution is 2.19. The predicted molar refractivity (Wildman–Crippen MR) is 105 cm³/mol. The Morgan fingerprint density at radius 1 is 0.889 bits per heavy atom. The van der Waals surface area contributed by atoms with Gasteiger partial charge in [0.05, 0.1) is 33.5 Å². The van der Waals surface area contributed by atoms with Crippen LogP contribution in [0.3, 0.4) is 0 Å². The van der Waals surface area contributed by atoms with Crippen LogP contribution in [0.5, 0.6) is 0 Å². The van der Waals surface area contributed by atoms with Crippen LogP contribution in [0.4, 0.5) is 5.69 Å². The molecule has 0 saturated carbocycles. The van der Waals surface area contributed by atoms with E-state index in [9.17, 15) is 9.59 Å². The number of hydrogen-bond donors (Lipinski definition) is 1. The predicted octanol–water partition coefficient (Wildman–Crippen LogP) is 2.69. The van der Waals surface area contributed by atoms with Crippen molar-refractivity contribution in [3.05, 3.63) is 63.8 Å². The molecule has 0 fully saturated rings. The Bertz CT molecular complexity index is 1280. The Labute approximate surface area is 155 Å².